The Kier molecular flexibility index (Phi) is 45.3. The summed E-state index contributed by atoms with van der Waals surface area (Å²) in [6, 6.07) is 18.8. The first-order chi connectivity index (χ1) is 71.2. The van der Waals surface area contributed by atoms with E-state index in [-0.39, 0.29) is 139 Å². The minimum atomic E-state index is -0.259. The zero-order valence-electron chi connectivity index (χ0n) is 98.2. The number of hydrogen-bond donors (Lipinski definition) is 12. The number of hydrogen-bond acceptors (Lipinski definition) is 12. The highest BCUT2D eigenvalue weighted by Crippen LogP contribution is 2.60. The van der Waals surface area contributed by atoms with E-state index in [1.807, 2.05) is 73.7 Å². The average molecular weight is 2060 g/mol. The molecule has 10 aliphatic rings. The monoisotopic (exact) mass is 2060 g/mol. The van der Waals surface area contributed by atoms with Crippen molar-refractivity contribution in [2.45, 2.75) is 510 Å². The molecule has 6 fully saturated rings. The zero-order chi connectivity index (χ0) is 110. The number of phenolic OH excluding ortho intramolecular Hbond substituents is 10. The van der Waals surface area contributed by atoms with E-state index >= 15 is 0 Å². The number of benzene rings is 5. The molecule has 5 aromatic rings. The SMILES string of the molecule is C=C(C)C1CC(C2CCCCC2)C(C)=CC1c1c(O)cc(C(C)(C)CCCC)cc1O.C=C(C)C1CC(C2CCCCC2)C(C)CC1c1c(O)cc(C(C)(C)CCCC)cc1O.C=C(C)C1CC(C2CCCCC2)C(O)=CC1c1c(O)cc(C(C)(C)CCCC)cc1O.CCCCC(C)(C)c1cc(O)c(C2C=C(C)C(C3CCCCC3)CC2)c(O)c1.CCCCC(C)(C)c1cc(O)c(C2C=C(CO)C(C3CCCCC3)CC2)c(O)c1. The number of unbranched alkanes of at least 4 members (excludes halogenated alkanes) is 5. The molecule has 12 heteroatoms. The van der Waals surface area contributed by atoms with E-state index in [2.05, 4.69) is 176 Å². The molecule has 150 heavy (non-hydrogen) atoms. The van der Waals surface area contributed by atoms with Crippen molar-refractivity contribution in [2.24, 2.45) is 82.9 Å². The van der Waals surface area contributed by atoms with E-state index in [1.165, 1.54) is 184 Å². The molecule has 0 aliphatic heterocycles. The summed E-state index contributed by atoms with van der Waals surface area (Å²) in [7, 11) is 0. The molecule has 15 rings (SSSR count). The fourth-order valence-electron chi connectivity index (χ4n) is 29.9. The van der Waals surface area contributed by atoms with Crippen LogP contribution in [0, 0.1) is 82.9 Å². The standard InChI is InChI=1S/C29H46O2.C29H44O2.C28H42O3.C26H40O3.C26H40O2/c2*1-7-8-14-29(5,6)22-16-26(30)28(27(31)17-22)25-15-20(4)24(18-23(25)19(2)3)21-12-10-9-11-13-21;1-6-7-13-28(4,5)20-14-25(30)27(26(31)15-20)23-17-24(29)22(16-21(23)18(2)3)19-11-9-8-10-12-19;1-4-5-13-26(2,3)21-15-23(28)25(24(29)16-21)19-11-12-22(20(14-19)17-27)18-9-7-6-8-10-18;1-5-6-14-26(3,4)21-16-23(27)25(24(28)17-21)20-12-13-22(18(2)15-20)19-10-8-7-9-11-19/h16-17,20-21,23-25,30-31H,2,7-15,18H2,1,3-6H3;15-17,21,23-25,30-31H,2,7-14,18H2,1,3-6H3;14-15,17,19,21-23,29-31H,2,6-13,16H2,1,3-5H3;14-16,18-19,22,27-29H,4-13,17H2,1-3H3;15-17,19-20,22,27-28H,5-14H2,1-4H3. The van der Waals surface area contributed by atoms with Crippen molar-refractivity contribution in [3.63, 3.8) is 0 Å². The van der Waals surface area contributed by atoms with Crippen LogP contribution in [0.1, 0.15) is 539 Å². The van der Waals surface area contributed by atoms with Gasteiger partial charge in [-0.2, -0.15) is 0 Å². The lowest BCUT2D eigenvalue weighted by Crippen LogP contribution is -2.35. The summed E-state index contributed by atoms with van der Waals surface area (Å²) in [5, 5.41) is 131. The molecule has 836 valence electrons. The molecule has 12 nitrogen and oxygen atoms in total. The maximum atomic E-state index is 11.1. The quantitative estimate of drug-likeness (QED) is 0.0172. The van der Waals surface area contributed by atoms with Crippen molar-refractivity contribution in [3.8, 4) is 57.5 Å². The maximum absolute atomic E-state index is 11.1. The van der Waals surface area contributed by atoms with E-state index in [4.69, 9.17) is 0 Å². The molecule has 14 atom stereocenters. The molecule has 0 saturated heterocycles. The smallest absolute Gasteiger partial charge is 0.123 e. The predicted octanol–water partition coefficient (Wildman–Crippen LogP) is 38.9. The number of rotatable bonds is 34. The summed E-state index contributed by atoms with van der Waals surface area (Å²) in [5.74, 6) is 10.3. The first-order valence-electron chi connectivity index (χ1n) is 61.0. The Balaban J connectivity index is 0.000000178. The van der Waals surface area contributed by atoms with Crippen molar-refractivity contribution in [1.29, 1.82) is 0 Å². The lowest BCUT2D eigenvalue weighted by Gasteiger charge is -2.45. The van der Waals surface area contributed by atoms with Gasteiger partial charge in [0.05, 0.1) is 12.4 Å². The molecule has 0 amide bonds. The molecule has 5 aromatic carbocycles. The lowest BCUT2D eigenvalue weighted by molar-refractivity contribution is 0.101. The lowest BCUT2D eigenvalue weighted by atomic mass is 9.59. The van der Waals surface area contributed by atoms with Crippen LogP contribution in [0.5, 0.6) is 57.5 Å². The minimum Gasteiger partial charge on any atom is -0.512 e. The van der Waals surface area contributed by atoms with Crippen molar-refractivity contribution >= 4 is 0 Å². The van der Waals surface area contributed by atoms with Gasteiger partial charge < -0.3 is 61.3 Å². The van der Waals surface area contributed by atoms with Crippen molar-refractivity contribution < 1.29 is 61.3 Å². The normalized spacial score (nSPS) is 25.3. The summed E-state index contributed by atoms with van der Waals surface area (Å²) >= 11 is 0. The van der Waals surface area contributed by atoms with Crippen LogP contribution in [0.2, 0.25) is 0 Å². The Morgan fingerprint density at radius 1 is 0.280 bits per heavy atom. The number of aliphatic hydroxyl groups is 2. The summed E-state index contributed by atoms with van der Waals surface area (Å²) in [4.78, 5) is 0. The van der Waals surface area contributed by atoms with Gasteiger partial charge in [0.1, 0.15) is 57.5 Å². The minimum absolute atomic E-state index is 0.00913. The highest BCUT2D eigenvalue weighted by Gasteiger charge is 2.46. The van der Waals surface area contributed by atoms with Gasteiger partial charge in [0, 0.05) is 57.4 Å². The third-order valence-electron chi connectivity index (χ3n) is 39.9. The highest BCUT2D eigenvalue weighted by molar-refractivity contribution is 5.58. The second-order valence-electron chi connectivity index (χ2n) is 53.3. The van der Waals surface area contributed by atoms with Gasteiger partial charge in [0.25, 0.3) is 0 Å². The van der Waals surface area contributed by atoms with E-state index in [1.54, 1.807) is 0 Å². The molecule has 10 aliphatic carbocycles. The largest absolute Gasteiger partial charge is 0.512 e. The molecule has 0 heterocycles. The molecule has 0 bridgehead atoms. The number of phenols is 10. The van der Waals surface area contributed by atoms with Gasteiger partial charge in [-0.1, -0.05) is 350 Å². The van der Waals surface area contributed by atoms with Gasteiger partial charge in [-0.25, -0.2) is 0 Å². The maximum Gasteiger partial charge on any atom is 0.123 e. The van der Waals surface area contributed by atoms with Crippen LogP contribution in [0.4, 0.5) is 0 Å². The van der Waals surface area contributed by atoms with Crippen LogP contribution in [0.25, 0.3) is 0 Å². The molecule has 12 N–H and O–H groups in total. The number of aliphatic hydroxyl groups excluding tert-OH is 2. The zero-order valence-corrected chi connectivity index (χ0v) is 98.2. The molecule has 6 saturated carbocycles. The van der Waals surface area contributed by atoms with E-state index < -0.39 is 0 Å². The van der Waals surface area contributed by atoms with Crippen molar-refractivity contribution in [1.82, 2.24) is 0 Å². The van der Waals surface area contributed by atoms with Gasteiger partial charge in [-0.05, 0) is 380 Å². The average Bonchev–Trinajstić information content (AvgIpc) is 0.426. The van der Waals surface area contributed by atoms with Crippen LogP contribution >= 0.6 is 0 Å². The van der Waals surface area contributed by atoms with Gasteiger partial charge in [0.2, 0.25) is 0 Å². The van der Waals surface area contributed by atoms with Crippen molar-refractivity contribution in [2.75, 3.05) is 6.61 Å². The van der Waals surface area contributed by atoms with Gasteiger partial charge in [-0.3, -0.25) is 0 Å². The van der Waals surface area contributed by atoms with E-state index in [0.717, 1.165) is 221 Å². The molecule has 0 spiro atoms. The molecule has 0 aromatic heterocycles. The molecule has 0 radical (unpaired) electrons. The fraction of sp³-hybridized carbons (Fsp3) is 0.681. The number of aromatic hydroxyl groups is 10. The Hall–Kier alpha value is -7.96. The topological polar surface area (TPSA) is 243 Å². The molecular weight excluding hydrogens is 1850 g/mol. The Bertz CT molecular complexity index is 5040. The Labute approximate surface area is 912 Å². The Morgan fingerprint density at radius 3 is 0.860 bits per heavy atom. The first-order valence-corrected chi connectivity index (χ1v) is 61.0. The highest BCUT2D eigenvalue weighted by atomic mass is 16.3. The summed E-state index contributed by atoms with van der Waals surface area (Å²) in [5.41, 5.74) is 15.4. The second-order valence-corrected chi connectivity index (χ2v) is 53.3. The Morgan fingerprint density at radius 2 is 0.547 bits per heavy atom. The second kappa shape index (κ2) is 55.6. The first kappa shape index (κ1) is 122. The summed E-state index contributed by atoms with van der Waals surface area (Å²) < 4.78 is 0. The van der Waals surface area contributed by atoms with Crippen LogP contribution in [-0.2, 0) is 27.1 Å². The third kappa shape index (κ3) is 31.1. The van der Waals surface area contributed by atoms with Gasteiger partial charge in [0.15, 0.2) is 0 Å². The van der Waals surface area contributed by atoms with Crippen LogP contribution in [0.3, 0.4) is 0 Å². The van der Waals surface area contributed by atoms with Gasteiger partial charge in [-0.15, -0.1) is 0 Å². The predicted molar refractivity (Wildman–Crippen MR) is 630 cm³/mol. The molecule has 14 unspecified atom stereocenters. The van der Waals surface area contributed by atoms with Crippen LogP contribution in [0.15, 0.2) is 144 Å². The summed E-state index contributed by atoms with van der Waals surface area (Å²) in [6.07, 6.45) is 66.7. The van der Waals surface area contributed by atoms with Gasteiger partial charge >= 0.3 is 0 Å². The third-order valence-corrected chi connectivity index (χ3v) is 39.9. The fourth-order valence-corrected chi connectivity index (χ4v) is 29.9. The van der Waals surface area contributed by atoms with Crippen LogP contribution in [-0.4, -0.2) is 67.9 Å². The van der Waals surface area contributed by atoms with E-state index in [9.17, 15) is 61.3 Å². The van der Waals surface area contributed by atoms with E-state index in [0.29, 0.717) is 63.9 Å². The summed E-state index contributed by atoms with van der Waals surface area (Å²) in [6.45, 7) is 59.1. The molecular formula is C138H212O12. The van der Waals surface area contributed by atoms with Crippen LogP contribution < -0.4 is 0 Å². The van der Waals surface area contributed by atoms with Crippen molar-refractivity contribution in [3.05, 3.63) is 200 Å². The number of allylic oxidation sites excluding steroid dienone is 10.